The van der Waals surface area contributed by atoms with Crippen LogP contribution in [0.2, 0.25) is 0 Å². The van der Waals surface area contributed by atoms with Gasteiger partial charge in [0.2, 0.25) is 0 Å². The number of aryl methyl sites for hydroxylation is 1. The number of halogens is 2. The first-order valence-electron chi connectivity index (χ1n) is 14.0. The van der Waals surface area contributed by atoms with Crippen LogP contribution in [0.4, 0.5) is 15.8 Å². The Morgan fingerprint density at radius 1 is 1.04 bits per heavy atom. The summed E-state index contributed by atoms with van der Waals surface area (Å²) < 4.78 is 51.9. The number of hydrogen-bond acceptors (Lipinski definition) is 10. The number of nitrogens with two attached hydrogens (primary N) is 2. The average Bonchev–Trinajstić information content (AvgIpc) is 3.00. The highest BCUT2D eigenvalue weighted by Crippen LogP contribution is 2.21. The van der Waals surface area contributed by atoms with E-state index in [9.17, 15) is 13.4 Å². The van der Waals surface area contributed by atoms with E-state index in [1.807, 2.05) is 13.0 Å². The zero-order valence-corrected chi connectivity index (χ0v) is 27.6. The number of anilines is 2. The van der Waals surface area contributed by atoms with Gasteiger partial charge in [-0.1, -0.05) is 6.07 Å². The summed E-state index contributed by atoms with van der Waals surface area (Å²) in [7, 11) is -1.43. The first-order chi connectivity index (χ1) is 21.8. The standard InChI is InChI=1S/C29H41BrFN7O6S/c1-21-18-22(35-20-36-29(23(30)19-34-2)38-25-5-3-4-24(31)27(25)28(33)39)6-7-26(21)45(40)37-9-11-42-13-15-44-17-16-43-14-12-41-10-8-32/h3-7,18-19,35,37H,2,8-17,20,32H2,1H3,(H2,33,39)(H,36,38)/b23-19+. The van der Waals surface area contributed by atoms with Crippen LogP contribution in [0.15, 0.2) is 62.0 Å². The summed E-state index contributed by atoms with van der Waals surface area (Å²) in [5.41, 5.74) is 12.1. The van der Waals surface area contributed by atoms with Gasteiger partial charge in [-0.25, -0.2) is 18.3 Å². The Morgan fingerprint density at radius 3 is 2.29 bits per heavy atom. The summed E-state index contributed by atoms with van der Waals surface area (Å²) in [6, 6.07) is 9.47. The Kier molecular flexibility index (Phi) is 19.0. The quantitative estimate of drug-likeness (QED) is 0.0657. The van der Waals surface area contributed by atoms with Crippen molar-refractivity contribution >= 4 is 56.8 Å². The molecule has 0 aromatic heterocycles. The number of amidine groups is 1. The van der Waals surface area contributed by atoms with Gasteiger partial charge in [0, 0.05) is 25.0 Å². The van der Waals surface area contributed by atoms with Gasteiger partial charge in [-0.3, -0.25) is 9.79 Å². The van der Waals surface area contributed by atoms with Crippen molar-refractivity contribution in [3.63, 3.8) is 0 Å². The molecule has 0 bridgehead atoms. The van der Waals surface area contributed by atoms with Crippen LogP contribution in [0.3, 0.4) is 0 Å². The molecule has 2 aromatic carbocycles. The van der Waals surface area contributed by atoms with Crippen molar-refractivity contribution in [2.75, 3.05) is 83.2 Å². The van der Waals surface area contributed by atoms with E-state index in [4.69, 9.17) is 30.4 Å². The van der Waals surface area contributed by atoms with Crippen molar-refractivity contribution in [1.29, 1.82) is 0 Å². The molecule has 0 spiro atoms. The van der Waals surface area contributed by atoms with Crippen LogP contribution in [-0.2, 0) is 29.9 Å². The maximum atomic E-state index is 14.2. The molecular formula is C29H41BrFN7O6S. The van der Waals surface area contributed by atoms with E-state index >= 15 is 0 Å². The Hall–Kier alpha value is -3.09. The lowest BCUT2D eigenvalue weighted by Gasteiger charge is -2.14. The second-order valence-electron chi connectivity index (χ2n) is 9.03. The molecule has 2 rings (SSSR count). The minimum Gasteiger partial charge on any atom is -0.378 e. The van der Waals surface area contributed by atoms with E-state index in [0.717, 1.165) is 17.3 Å². The predicted molar refractivity (Wildman–Crippen MR) is 179 cm³/mol. The van der Waals surface area contributed by atoms with E-state index in [2.05, 4.69) is 48.0 Å². The molecule has 1 amide bonds. The van der Waals surface area contributed by atoms with Gasteiger partial charge in [-0.2, -0.15) is 0 Å². The van der Waals surface area contributed by atoms with Crippen molar-refractivity contribution in [3.05, 3.63) is 64.0 Å². The lowest BCUT2D eigenvalue weighted by Crippen LogP contribution is -2.23. The lowest BCUT2D eigenvalue weighted by atomic mass is 10.1. The summed E-state index contributed by atoms with van der Waals surface area (Å²) >= 11 is 3.35. The van der Waals surface area contributed by atoms with Crippen molar-refractivity contribution in [3.8, 4) is 0 Å². The summed E-state index contributed by atoms with van der Waals surface area (Å²) in [5, 5.41) is 6.07. The van der Waals surface area contributed by atoms with Crippen LogP contribution < -0.4 is 26.8 Å². The number of hydrogen-bond donors (Lipinski definition) is 5. The number of rotatable bonds is 23. The Bertz CT molecular complexity index is 1320. The van der Waals surface area contributed by atoms with Crippen molar-refractivity contribution in [2.45, 2.75) is 11.8 Å². The van der Waals surface area contributed by atoms with E-state index in [-0.39, 0.29) is 23.8 Å². The molecule has 1 atom stereocenters. The molecule has 0 aliphatic rings. The van der Waals surface area contributed by atoms with Gasteiger partial charge >= 0.3 is 0 Å². The zero-order valence-electron chi connectivity index (χ0n) is 25.2. The first-order valence-corrected chi connectivity index (χ1v) is 15.9. The summed E-state index contributed by atoms with van der Waals surface area (Å²) in [5.74, 6) is -1.43. The van der Waals surface area contributed by atoms with Gasteiger partial charge in [0.05, 0.1) is 73.5 Å². The molecule has 16 heteroatoms. The smallest absolute Gasteiger partial charge is 0.253 e. The van der Waals surface area contributed by atoms with Crippen molar-refractivity contribution < 1.29 is 32.3 Å². The van der Waals surface area contributed by atoms with Crippen LogP contribution in [0.1, 0.15) is 15.9 Å². The van der Waals surface area contributed by atoms with Gasteiger partial charge in [0.25, 0.3) is 5.91 Å². The molecule has 45 heavy (non-hydrogen) atoms. The highest BCUT2D eigenvalue weighted by Gasteiger charge is 2.16. The number of primary amides is 1. The fraction of sp³-hybridized carbons (Fsp3) is 0.414. The molecule has 1 unspecified atom stereocenters. The van der Waals surface area contributed by atoms with Gasteiger partial charge in [0.1, 0.15) is 29.3 Å². The molecule has 248 valence electrons. The maximum absolute atomic E-state index is 14.2. The number of nitrogens with one attached hydrogen (secondary N) is 3. The number of carbonyl (C=O) groups excluding carboxylic acids is 1. The molecular weight excluding hydrogens is 673 g/mol. The summed E-state index contributed by atoms with van der Waals surface area (Å²) in [6.45, 7) is 9.96. The number of nitrogens with zero attached hydrogens (tertiary/aromatic N) is 2. The van der Waals surface area contributed by atoms with Gasteiger partial charge in [-0.15, -0.1) is 0 Å². The molecule has 0 saturated heterocycles. The largest absolute Gasteiger partial charge is 0.378 e. The molecule has 13 nitrogen and oxygen atoms in total. The predicted octanol–water partition coefficient (Wildman–Crippen LogP) is 2.69. The molecule has 0 radical (unpaired) electrons. The van der Waals surface area contributed by atoms with Gasteiger partial charge in [-0.05, 0) is 65.5 Å². The summed E-state index contributed by atoms with van der Waals surface area (Å²) in [4.78, 5) is 20.6. The van der Waals surface area contributed by atoms with Crippen molar-refractivity contribution in [2.24, 2.45) is 21.5 Å². The third-order valence-electron chi connectivity index (χ3n) is 5.70. The molecule has 0 saturated carbocycles. The molecule has 7 N–H and O–H groups in total. The minimum absolute atomic E-state index is 0.0992. The maximum Gasteiger partial charge on any atom is 0.253 e. The fourth-order valence-electron chi connectivity index (χ4n) is 3.63. The molecule has 0 aliphatic heterocycles. The normalized spacial score (nSPS) is 12.6. The molecule has 2 aromatic rings. The van der Waals surface area contributed by atoms with E-state index < -0.39 is 22.7 Å². The second-order valence-corrected chi connectivity index (χ2v) is 11.2. The number of carbonyl (C=O) groups is 1. The first kappa shape index (κ1) is 38.1. The lowest BCUT2D eigenvalue weighted by molar-refractivity contribution is -0.000330. The third-order valence-corrected chi connectivity index (χ3v) is 7.60. The molecule has 0 heterocycles. The number of aliphatic imine (C=N–C) groups is 2. The van der Waals surface area contributed by atoms with E-state index in [1.165, 1.54) is 18.3 Å². The van der Waals surface area contributed by atoms with Crippen LogP contribution in [0, 0.1) is 12.7 Å². The van der Waals surface area contributed by atoms with Crippen LogP contribution >= 0.6 is 15.9 Å². The molecule has 0 fully saturated rings. The third kappa shape index (κ3) is 14.7. The van der Waals surface area contributed by atoms with Gasteiger partial charge in [0.15, 0.2) is 0 Å². The zero-order chi connectivity index (χ0) is 32.9. The van der Waals surface area contributed by atoms with E-state index in [1.54, 1.807) is 12.1 Å². The Morgan fingerprint density at radius 2 is 1.69 bits per heavy atom. The summed E-state index contributed by atoms with van der Waals surface area (Å²) in [6.07, 6.45) is 1.40. The van der Waals surface area contributed by atoms with Crippen LogP contribution in [0.25, 0.3) is 0 Å². The Labute approximate surface area is 273 Å². The SMILES string of the molecule is C=N/C=C(Br)\C(=N/CNc1ccc(S(=O)NCCOCCOCCOCCOCCN)c(C)c1)Nc1cccc(F)c1C(N)=O. The van der Waals surface area contributed by atoms with Crippen molar-refractivity contribution in [1.82, 2.24) is 4.72 Å². The van der Waals surface area contributed by atoms with Gasteiger partial charge < -0.3 is 41.0 Å². The van der Waals surface area contributed by atoms with Crippen LogP contribution in [-0.4, -0.2) is 95.3 Å². The number of amides is 1. The highest BCUT2D eigenvalue weighted by molar-refractivity contribution is 9.12. The number of ether oxygens (including phenoxy) is 4. The second kappa shape index (κ2) is 22.4. The Balaban J connectivity index is 1.78. The topological polar surface area (TPSA) is 184 Å². The van der Waals surface area contributed by atoms with E-state index in [0.29, 0.717) is 75.3 Å². The minimum atomic E-state index is -1.43. The number of benzene rings is 2. The monoisotopic (exact) mass is 713 g/mol. The average molecular weight is 715 g/mol. The molecule has 0 aliphatic carbocycles. The highest BCUT2D eigenvalue weighted by atomic mass is 79.9. The van der Waals surface area contributed by atoms with Crippen LogP contribution in [0.5, 0.6) is 0 Å². The fourth-order valence-corrected chi connectivity index (χ4v) is 4.97.